The van der Waals surface area contributed by atoms with Crippen LogP contribution in [-0.4, -0.2) is 22.7 Å². The molecular weight excluding hydrogens is 178 g/mol. The fraction of sp³-hybridized carbons (Fsp3) is 0.500. The zero-order valence-electron chi connectivity index (χ0n) is 8.57. The van der Waals surface area contributed by atoms with Crippen molar-refractivity contribution in [3.63, 3.8) is 0 Å². The van der Waals surface area contributed by atoms with Crippen molar-refractivity contribution in [2.75, 3.05) is 17.7 Å². The van der Waals surface area contributed by atoms with Gasteiger partial charge in [0.25, 0.3) is 0 Å². The van der Waals surface area contributed by atoms with E-state index < -0.39 is 0 Å². The van der Waals surface area contributed by atoms with Crippen molar-refractivity contribution >= 4 is 11.5 Å². The van der Waals surface area contributed by atoms with Gasteiger partial charge in [0, 0.05) is 0 Å². The molecule has 1 aromatic rings. The van der Waals surface area contributed by atoms with Crippen LogP contribution in [0.1, 0.15) is 13.8 Å². The Balaban J connectivity index is 2.63. The highest BCUT2D eigenvalue weighted by Gasteiger charge is 2.11. The molecule has 0 saturated carbocycles. The molecule has 14 heavy (non-hydrogen) atoms. The van der Waals surface area contributed by atoms with E-state index in [9.17, 15) is 0 Å². The number of nitrogens with zero attached hydrogens (tertiary/aromatic N) is 1. The lowest BCUT2D eigenvalue weighted by Crippen LogP contribution is -2.29. The van der Waals surface area contributed by atoms with Crippen LogP contribution < -0.4 is 11.1 Å². The molecule has 0 spiro atoms. The van der Waals surface area contributed by atoms with Crippen LogP contribution in [0.15, 0.2) is 18.3 Å². The van der Waals surface area contributed by atoms with E-state index in [0.29, 0.717) is 11.6 Å². The first-order chi connectivity index (χ1) is 6.63. The summed E-state index contributed by atoms with van der Waals surface area (Å²) in [4.78, 5) is 4.10. The Morgan fingerprint density at radius 2 is 2.21 bits per heavy atom. The fourth-order valence-corrected chi connectivity index (χ4v) is 1.10. The van der Waals surface area contributed by atoms with E-state index in [1.807, 2.05) is 13.8 Å². The van der Waals surface area contributed by atoms with Gasteiger partial charge >= 0.3 is 0 Å². The van der Waals surface area contributed by atoms with Crippen LogP contribution >= 0.6 is 0 Å². The van der Waals surface area contributed by atoms with Gasteiger partial charge < -0.3 is 16.2 Å². The second-order valence-electron chi connectivity index (χ2n) is 3.65. The van der Waals surface area contributed by atoms with E-state index in [-0.39, 0.29) is 12.6 Å². The minimum absolute atomic E-state index is 0.0334. The van der Waals surface area contributed by atoms with Gasteiger partial charge in [-0.05, 0) is 18.1 Å². The topological polar surface area (TPSA) is 71.2 Å². The number of nitrogens with one attached hydrogen (secondary N) is 1. The number of hydrogen-bond donors (Lipinski definition) is 3. The first kappa shape index (κ1) is 10.8. The van der Waals surface area contributed by atoms with E-state index in [1.165, 1.54) is 0 Å². The molecule has 1 rings (SSSR count). The fourth-order valence-electron chi connectivity index (χ4n) is 1.10. The Bertz CT molecular complexity index is 271. The summed E-state index contributed by atoms with van der Waals surface area (Å²) in [5.74, 6) is 1.10. The third-order valence-corrected chi connectivity index (χ3v) is 2.12. The van der Waals surface area contributed by atoms with Gasteiger partial charge in [-0.1, -0.05) is 13.8 Å². The van der Waals surface area contributed by atoms with Crippen LogP contribution in [-0.2, 0) is 0 Å². The predicted molar refractivity (Wildman–Crippen MR) is 58.0 cm³/mol. The summed E-state index contributed by atoms with van der Waals surface area (Å²) in [6.45, 7) is 4.19. The lowest BCUT2D eigenvalue weighted by Gasteiger charge is -2.20. The van der Waals surface area contributed by atoms with Gasteiger partial charge in [0.1, 0.15) is 5.82 Å². The number of nitrogen functional groups attached to an aromatic ring is 1. The first-order valence-corrected chi connectivity index (χ1v) is 4.72. The van der Waals surface area contributed by atoms with Crippen LogP contribution in [0, 0.1) is 5.92 Å². The quantitative estimate of drug-likeness (QED) is 0.672. The second kappa shape index (κ2) is 4.81. The minimum atomic E-state index is 0.0334. The standard InChI is InChI=1S/C10H17N3O/c1-7(2)9(6-14)13-10-4-3-8(11)5-12-10/h3-5,7,9,14H,6,11H2,1-2H3,(H,12,13)/t9-/m1/s1. The summed E-state index contributed by atoms with van der Waals surface area (Å²) in [5.41, 5.74) is 6.15. The second-order valence-corrected chi connectivity index (χ2v) is 3.65. The molecule has 0 unspecified atom stereocenters. The van der Waals surface area contributed by atoms with E-state index in [0.717, 1.165) is 5.82 Å². The molecule has 0 bridgehead atoms. The number of aliphatic hydroxyl groups is 1. The van der Waals surface area contributed by atoms with Gasteiger partial charge in [-0.2, -0.15) is 0 Å². The first-order valence-electron chi connectivity index (χ1n) is 4.72. The number of anilines is 2. The van der Waals surface area contributed by atoms with E-state index in [4.69, 9.17) is 10.8 Å². The Morgan fingerprint density at radius 3 is 2.64 bits per heavy atom. The molecule has 1 heterocycles. The maximum atomic E-state index is 9.10. The average Bonchev–Trinajstić information content (AvgIpc) is 2.16. The van der Waals surface area contributed by atoms with Gasteiger partial charge in [0.05, 0.1) is 24.5 Å². The number of hydrogen-bond acceptors (Lipinski definition) is 4. The molecule has 1 aromatic heterocycles. The highest BCUT2D eigenvalue weighted by molar-refractivity contribution is 5.44. The Kier molecular flexibility index (Phi) is 3.71. The zero-order valence-corrected chi connectivity index (χ0v) is 8.57. The van der Waals surface area contributed by atoms with Crippen LogP contribution in [0.25, 0.3) is 0 Å². The van der Waals surface area contributed by atoms with E-state index in [1.54, 1.807) is 18.3 Å². The Hall–Kier alpha value is -1.29. The van der Waals surface area contributed by atoms with Crippen LogP contribution in [0.2, 0.25) is 0 Å². The highest BCUT2D eigenvalue weighted by atomic mass is 16.3. The molecule has 4 N–H and O–H groups in total. The van der Waals surface area contributed by atoms with Crippen LogP contribution in [0.5, 0.6) is 0 Å². The van der Waals surface area contributed by atoms with Gasteiger partial charge in [0.15, 0.2) is 0 Å². The number of pyridine rings is 1. The summed E-state index contributed by atoms with van der Waals surface area (Å²) >= 11 is 0. The van der Waals surface area contributed by atoms with Crippen molar-refractivity contribution in [2.24, 2.45) is 5.92 Å². The SMILES string of the molecule is CC(C)[C@@H](CO)Nc1ccc(N)cn1. The molecule has 0 aliphatic rings. The largest absolute Gasteiger partial charge is 0.397 e. The van der Waals surface area contributed by atoms with Gasteiger partial charge in [-0.3, -0.25) is 0 Å². The molecule has 78 valence electrons. The van der Waals surface area contributed by atoms with Gasteiger partial charge in [0.2, 0.25) is 0 Å². The molecule has 0 saturated heterocycles. The molecule has 1 atom stereocenters. The van der Waals surface area contributed by atoms with Crippen LogP contribution in [0.4, 0.5) is 11.5 Å². The molecule has 0 amide bonds. The lowest BCUT2D eigenvalue weighted by atomic mass is 10.1. The minimum Gasteiger partial charge on any atom is -0.397 e. The summed E-state index contributed by atoms with van der Waals surface area (Å²) in [7, 11) is 0. The molecule has 0 aliphatic heterocycles. The number of nitrogens with two attached hydrogens (primary N) is 1. The van der Waals surface area contributed by atoms with Crippen molar-refractivity contribution in [3.8, 4) is 0 Å². The molecule has 4 nitrogen and oxygen atoms in total. The Morgan fingerprint density at radius 1 is 1.50 bits per heavy atom. The predicted octanol–water partition coefficient (Wildman–Crippen LogP) is 1.09. The Labute approximate surface area is 84.2 Å². The van der Waals surface area contributed by atoms with Crippen molar-refractivity contribution in [3.05, 3.63) is 18.3 Å². The lowest BCUT2D eigenvalue weighted by molar-refractivity contribution is 0.249. The smallest absolute Gasteiger partial charge is 0.126 e. The molecule has 0 radical (unpaired) electrons. The third-order valence-electron chi connectivity index (χ3n) is 2.12. The number of aromatic nitrogens is 1. The molecule has 4 heteroatoms. The summed E-state index contributed by atoms with van der Waals surface area (Å²) < 4.78 is 0. The maximum Gasteiger partial charge on any atom is 0.126 e. The summed E-state index contributed by atoms with van der Waals surface area (Å²) in [6.07, 6.45) is 1.59. The average molecular weight is 195 g/mol. The monoisotopic (exact) mass is 195 g/mol. The van der Waals surface area contributed by atoms with Gasteiger partial charge in [-0.15, -0.1) is 0 Å². The number of aliphatic hydroxyl groups excluding tert-OH is 1. The third kappa shape index (κ3) is 2.88. The molecule has 0 aromatic carbocycles. The van der Waals surface area contributed by atoms with Crippen molar-refractivity contribution in [2.45, 2.75) is 19.9 Å². The zero-order chi connectivity index (χ0) is 10.6. The maximum absolute atomic E-state index is 9.10. The summed E-state index contributed by atoms with van der Waals surface area (Å²) in [6, 6.07) is 3.62. The van der Waals surface area contributed by atoms with Crippen molar-refractivity contribution in [1.29, 1.82) is 0 Å². The van der Waals surface area contributed by atoms with E-state index in [2.05, 4.69) is 10.3 Å². The van der Waals surface area contributed by atoms with Gasteiger partial charge in [-0.25, -0.2) is 4.98 Å². The van der Waals surface area contributed by atoms with E-state index >= 15 is 0 Å². The van der Waals surface area contributed by atoms with Crippen molar-refractivity contribution < 1.29 is 5.11 Å². The highest BCUT2D eigenvalue weighted by Crippen LogP contribution is 2.11. The molecule has 0 fully saturated rings. The van der Waals surface area contributed by atoms with Crippen molar-refractivity contribution in [1.82, 2.24) is 4.98 Å². The molecular formula is C10H17N3O. The van der Waals surface area contributed by atoms with Crippen LogP contribution in [0.3, 0.4) is 0 Å². The number of rotatable bonds is 4. The molecule has 0 aliphatic carbocycles. The normalized spacial score (nSPS) is 12.9. The summed E-state index contributed by atoms with van der Waals surface area (Å²) in [5, 5.41) is 12.2.